The Bertz CT molecular complexity index is 842. The Balaban J connectivity index is 1.37. The van der Waals surface area contributed by atoms with E-state index in [2.05, 4.69) is 46.6 Å². The average molecular weight is 397 g/mol. The van der Waals surface area contributed by atoms with E-state index in [4.69, 9.17) is 4.74 Å². The number of ether oxygens (including phenoxy) is 1. The second kappa shape index (κ2) is 7.62. The molecule has 0 bridgehead atoms. The summed E-state index contributed by atoms with van der Waals surface area (Å²) in [6.45, 7) is 4.46. The quantitative estimate of drug-likeness (QED) is 0.837. The zero-order chi connectivity index (χ0) is 19.0. The topological polar surface area (TPSA) is 41.6 Å². The van der Waals surface area contributed by atoms with Crippen LogP contribution in [0.5, 0.6) is 0 Å². The number of nitrogens with zero attached hydrogens (tertiary/aromatic N) is 1. The number of thiophene rings is 1. The molecule has 1 amide bonds. The van der Waals surface area contributed by atoms with Crippen molar-refractivity contribution in [2.75, 3.05) is 32.8 Å². The predicted molar refractivity (Wildman–Crippen MR) is 112 cm³/mol. The maximum absolute atomic E-state index is 13.3. The molecule has 0 aliphatic carbocycles. The van der Waals surface area contributed by atoms with Gasteiger partial charge in [-0.1, -0.05) is 30.3 Å². The molecule has 3 aliphatic rings. The largest absolute Gasteiger partial charge is 0.369 e. The molecule has 1 unspecified atom stereocenters. The highest BCUT2D eigenvalue weighted by Gasteiger charge is 2.41. The van der Waals surface area contributed by atoms with Gasteiger partial charge in [0.2, 0.25) is 0 Å². The van der Waals surface area contributed by atoms with Gasteiger partial charge < -0.3 is 15.0 Å². The highest BCUT2D eigenvalue weighted by molar-refractivity contribution is 7.14. The minimum atomic E-state index is -0.156. The van der Waals surface area contributed by atoms with E-state index in [9.17, 15) is 4.79 Å². The fourth-order valence-corrected chi connectivity index (χ4v) is 6.42. The van der Waals surface area contributed by atoms with Crippen LogP contribution in [0.2, 0.25) is 0 Å². The van der Waals surface area contributed by atoms with Gasteiger partial charge in [-0.25, -0.2) is 0 Å². The molecular weight excluding hydrogens is 368 g/mol. The zero-order valence-corrected chi connectivity index (χ0v) is 17.1. The molecule has 1 aromatic heterocycles. The van der Waals surface area contributed by atoms with Crippen molar-refractivity contribution in [3.8, 4) is 0 Å². The number of piperidine rings is 2. The Morgan fingerprint density at radius 3 is 2.86 bits per heavy atom. The monoisotopic (exact) mass is 396 g/mol. The van der Waals surface area contributed by atoms with E-state index < -0.39 is 0 Å². The lowest BCUT2D eigenvalue weighted by Gasteiger charge is -2.40. The molecule has 3 aliphatic heterocycles. The van der Waals surface area contributed by atoms with E-state index in [1.807, 2.05) is 0 Å². The third-order valence-electron chi connectivity index (χ3n) is 6.57. The first-order valence-corrected chi connectivity index (χ1v) is 11.4. The number of carbonyl (C=O) groups excluding carboxylic acids is 1. The molecular formula is C23H28N2O2S. The normalized spacial score (nSPS) is 24.1. The van der Waals surface area contributed by atoms with Gasteiger partial charge in [0.05, 0.1) is 11.5 Å². The molecule has 28 heavy (non-hydrogen) atoms. The Kier molecular flexibility index (Phi) is 4.99. The van der Waals surface area contributed by atoms with E-state index in [-0.39, 0.29) is 11.5 Å². The highest BCUT2D eigenvalue weighted by atomic mass is 32.1. The number of fused-ring (bicyclic) bond motifs is 2. The first kappa shape index (κ1) is 18.3. The predicted octanol–water partition coefficient (Wildman–Crippen LogP) is 3.92. The van der Waals surface area contributed by atoms with Gasteiger partial charge in [-0.2, -0.15) is 0 Å². The number of hydrogen-bond donors (Lipinski definition) is 1. The molecule has 0 saturated carbocycles. The Hall–Kier alpha value is -1.69. The van der Waals surface area contributed by atoms with Gasteiger partial charge in [-0.05, 0) is 62.4 Å². The van der Waals surface area contributed by atoms with Crippen LogP contribution in [0.1, 0.15) is 57.3 Å². The highest BCUT2D eigenvalue weighted by Crippen LogP contribution is 2.44. The van der Waals surface area contributed by atoms with Crippen LogP contribution in [0.15, 0.2) is 36.4 Å². The molecule has 5 heteroatoms. The maximum atomic E-state index is 13.3. The Labute approximate surface area is 170 Å². The summed E-state index contributed by atoms with van der Waals surface area (Å²) in [5.41, 5.74) is 2.54. The van der Waals surface area contributed by atoms with Gasteiger partial charge in [-0.3, -0.25) is 4.79 Å². The molecule has 1 N–H and O–H groups in total. The summed E-state index contributed by atoms with van der Waals surface area (Å²) in [7, 11) is 0. The van der Waals surface area contributed by atoms with Crippen molar-refractivity contribution >= 4 is 17.2 Å². The van der Waals surface area contributed by atoms with Crippen LogP contribution in [-0.2, 0) is 16.8 Å². The van der Waals surface area contributed by atoms with Gasteiger partial charge in [0.15, 0.2) is 0 Å². The summed E-state index contributed by atoms with van der Waals surface area (Å²) in [5.74, 6) is 0.664. The third kappa shape index (κ3) is 3.30. The van der Waals surface area contributed by atoms with E-state index in [1.54, 1.807) is 11.3 Å². The number of nitrogens with one attached hydrogen (secondary N) is 1. The lowest BCUT2D eigenvalue weighted by molar-refractivity contribution is -0.0771. The number of likely N-dealkylation sites (tertiary alicyclic amines) is 1. The molecule has 148 valence electrons. The van der Waals surface area contributed by atoms with Crippen LogP contribution >= 0.6 is 11.3 Å². The van der Waals surface area contributed by atoms with Crippen LogP contribution in [0.25, 0.3) is 0 Å². The summed E-state index contributed by atoms with van der Waals surface area (Å²) < 4.78 is 6.29. The number of amides is 1. The van der Waals surface area contributed by atoms with Crippen LogP contribution < -0.4 is 5.32 Å². The van der Waals surface area contributed by atoms with Crippen molar-refractivity contribution < 1.29 is 9.53 Å². The van der Waals surface area contributed by atoms with Crippen molar-refractivity contribution in [1.29, 1.82) is 0 Å². The first-order valence-electron chi connectivity index (χ1n) is 10.6. The SMILES string of the molecule is O=C(c1cc2c(s1)C1(CCNCC1)OCC2)N1CCCC(c2ccccc2)C1. The first-order chi connectivity index (χ1) is 13.8. The maximum Gasteiger partial charge on any atom is 0.263 e. The summed E-state index contributed by atoms with van der Waals surface area (Å²) in [5, 5.41) is 3.44. The molecule has 0 radical (unpaired) electrons. The Morgan fingerprint density at radius 1 is 1.21 bits per heavy atom. The zero-order valence-electron chi connectivity index (χ0n) is 16.3. The van der Waals surface area contributed by atoms with Crippen LogP contribution in [0.4, 0.5) is 0 Å². The molecule has 2 saturated heterocycles. The smallest absolute Gasteiger partial charge is 0.263 e. The number of rotatable bonds is 2. The van der Waals surface area contributed by atoms with Gasteiger partial charge in [0, 0.05) is 23.9 Å². The van der Waals surface area contributed by atoms with E-state index in [0.717, 1.165) is 63.3 Å². The second-order valence-electron chi connectivity index (χ2n) is 8.31. The van der Waals surface area contributed by atoms with E-state index in [0.29, 0.717) is 5.92 Å². The van der Waals surface area contributed by atoms with Gasteiger partial charge >= 0.3 is 0 Å². The molecule has 4 nitrogen and oxygen atoms in total. The molecule has 1 spiro atoms. The summed E-state index contributed by atoms with van der Waals surface area (Å²) in [6.07, 6.45) is 5.19. The third-order valence-corrected chi connectivity index (χ3v) is 7.92. The van der Waals surface area contributed by atoms with Gasteiger partial charge in [0.1, 0.15) is 5.60 Å². The fourth-order valence-electron chi connectivity index (χ4n) is 5.04. The minimum absolute atomic E-state index is 0.156. The number of benzene rings is 1. The van der Waals surface area contributed by atoms with Crippen molar-refractivity contribution in [2.24, 2.45) is 0 Å². The fraction of sp³-hybridized carbons (Fsp3) is 0.522. The number of hydrogen-bond acceptors (Lipinski definition) is 4. The molecule has 5 rings (SSSR count). The van der Waals surface area contributed by atoms with Crippen LogP contribution in [-0.4, -0.2) is 43.6 Å². The van der Waals surface area contributed by atoms with Crippen molar-refractivity contribution in [3.63, 3.8) is 0 Å². The van der Waals surface area contributed by atoms with Gasteiger partial charge in [0.25, 0.3) is 5.91 Å². The molecule has 1 aromatic carbocycles. The lowest BCUT2D eigenvalue weighted by atomic mass is 9.86. The standard InChI is InChI=1S/C23H28N2O2S/c26-22(25-13-4-7-19(16-25)17-5-2-1-3-6-17)20-15-18-8-14-27-23(21(18)28-20)9-11-24-12-10-23/h1-3,5-6,15,19,24H,4,7-14,16H2. The summed E-state index contributed by atoms with van der Waals surface area (Å²) in [4.78, 5) is 17.7. The molecule has 4 heterocycles. The summed E-state index contributed by atoms with van der Waals surface area (Å²) in [6, 6.07) is 12.8. The van der Waals surface area contributed by atoms with Crippen molar-refractivity contribution in [3.05, 3.63) is 57.3 Å². The van der Waals surface area contributed by atoms with Crippen molar-refractivity contribution in [2.45, 2.75) is 43.6 Å². The Morgan fingerprint density at radius 2 is 2.04 bits per heavy atom. The number of carbonyl (C=O) groups is 1. The lowest BCUT2D eigenvalue weighted by Crippen LogP contribution is -2.44. The molecule has 2 fully saturated rings. The minimum Gasteiger partial charge on any atom is -0.369 e. The molecule has 1 atom stereocenters. The second-order valence-corrected chi connectivity index (χ2v) is 9.36. The van der Waals surface area contributed by atoms with E-state index in [1.165, 1.54) is 22.4 Å². The molecule has 2 aromatic rings. The van der Waals surface area contributed by atoms with E-state index >= 15 is 0 Å². The average Bonchev–Trinajstić information content (AvgIpc) is 3.21. The summed E-state index contributed by atoms with van der Waals surface area (Å²) >= 11 is 1.70. The van der Waals surface area contributed by atoms with Crippen molar-refractivity contribution in [1.82, 2.24) is 10.2 Å². The van der Waals surface area contributed by atoms with Crippen LogP contribution in [0, 0.1) is 0 Å². The van der Waals surface area contributed by atoms with Gasteiger partial charge in [-0.15, -0.1) is 11.3 Å². The van der Waals surface area contributed by atoms with Crippen LogP contribution in [0.3, 0.4) is 0 Å².